The lowest BCUT2D eigenvalue weighted by atomic mass is 9.49. The summed E-state index contributed by atoms with van der Waals surface area (Å²) < 4.78 is 45.4. The maximum absolute atomic E-state index is 11.9. The fourth-order valence-corrected chi connectivity index (χ4v) is 6.41. The van der Waals surface area contributed by atoms with Gasteiger partial charge in [0, 0.05) is 45.7 Å². The quantitative estimate of drug-likeness (QED) is 0.181. The molecule has 4 aliphatic rings. The summed E-state index contributed by atoms with van der Waals surface area (Å²) in [6.07, 6.45) is 4.96. The van der Waals surface area contributed by atoms with Crippen molar-refractivity contribution in [2.75, 3.05) is 6.61 Å². The van der Waals surface area contributed by atoms with Crippen molar-refractivity contribution in [1.82, 2.24) is 14.1 Å². The summed E-state index contributed by atoms with van der Waals surface area (Å²) in [6, 6.07) is 9.50. The van der Waals surface area contributed by atoms with E-state index in [1.165, 1.54) is 27.3 Å². The van der Waals surface area contributed by atoms with E-state index in [9.17, 15) is 24.6 Å². The van der Waals surface area contributed by atoms with Crippen molar-refractivity contribution in [3.05, 3.63) is 95.0 Å². The zero-order valence-corrected chi connectivity index (χ0v) is 44.8. The van der Waals surface area contributed by atoms with Gasteiger partial charge in [-0.3, -0.25) is 14.4 Å². The maximum atomic E-state index is 11.9. The molecule has 15 nitrogen and oxygen atoms in total. The Morgan fingerprint density at radius 3 is 1.23 bits per heavy atom. The van der Waals surface area contributed by atoms with Crippen LogP contribution in [0.5, 0.6) is 0 Å². The summed E-state index contributed by atoms with van der Waals surface area (Å²) >= 11 is 6.44. The minimum absolute atomic E-state index is 0.0757. The van der Waals surface area contributed by atoms with Gasteiger partial charge < -0.3 is 57.0 Å². The van der Waals surface area contributed by atoms with Crippen molar-refractivity contribution in [2.45, 2.75) is 188 Å². The molecule has 20 heteroatoms. The van der Waals surface area contributed by atoms with Gasteiger partial charge in [-0.15, -0.1) is 0 Å². The largest absolute Gasteiger partial charge is 0.496 e. The first-order chi connectivity index (χ1) is 29.2. The van der Waals surface area contributed by atoms with E-state index in [2.05, 4.69) is 50.7 Å². The number of hydrogen-bond donors (Lipinski definition) is 3. The van der Waals surface area contributed by atoms with Crippen LogP contribution in [0.3, 0.4) is 0 Å². The Kier molecular flexibility index (Phi) is 18.1. The summed E-state index contributed by atoms with van der Waals surface area (Å²) in [6.45, 7) is 36.4. The molecule has 3 aromatic heterocycles. The van der Waals surface area contributed by atoms with Crippen LogP contribution in [0.1, 0.15) is 125 Å². The van der Waals surface area contributed by atoms with Gasteiger partial charge >= 0.3 is 21.1 Å². The van der Waals surface area contributed by atoms with Crippen molar-refractivity contribution in [2.24, 2.45) is 0 Å². The standard InChI is InChI=1S/C15H24BNO4.C12H24B2O4.C9H12BrNO2.C5H4BrNO.C4H8O/c1-13(2,19)10-17-9-11(7-8-12(17)18)16-20-14(3,4)15(5,6)21-16;1-9(2)10(3,4)16-13(15-9)14-17-11(5,6)12(7,8)18-14;1-9(2,13)6-11-5-7(10)3-4-8(11)12;6-4-1-2-5(8)7-3-4;1-4(2)3-5-4/h7-9,19H,10H2,1-6H3;1-8H3;3-5,13H,6H2,1-2H3;1-3H,(H,7,8);3H2,1-2H3. The summed E-state index contributed by atoms with van der Waals surface area (Å²) in [5.41, 5.74) is -3.42. The highest BCUT2D eigenvalue weighted by Gasteiger charge is 2.63. The molecule has 7 heterocycles. The number of nitrogens with zero attached hydrogens (tertiary/aromatic N) is 2. The number of aromatic nitrogens is 3. The number of aliphatic hydroxyl groups is 2. The number of hydrogen-bond acceptors (Lipinski definition) is 12. The number of epoxide rings is 1. The first kappa shape index (κ1) is 57.0. The average Bonchev–Trinajstić information content (AvgIpc) is 3.61. The highest BCUT2D eigenvalue weighted by molar-refractivity contribution is 9.10. The van der Waals surface area contributed by atoms with Gasteiger partial charge in [0.2, 0.25) is 5.56 Å². The van der Waals surface area contributed by atoms with Crippen molar-refractivity contribution in [3.8, 4) is 0 Å². The molecule has 0 aromatic carbocycles. The predicted molar refractivity (Wildman–Crippen MR) is 264 cm³/mol. The Morgan fingerprint density at radius 2 is 0.908 bits per heavy atom. The Bertz CT molecular complexity index is 2140. The van der Waals surface area contributed by atoms with E-state index in [0.717, 1.165) is 21.0 Å². The Labute approximate surface area is 403 Å². The van der Waals surface area contributed by atoms with Crippen LogP contribution in [-0.2, 0) is 45.8 Å². The van der Waals surface area contributed by atoms with E-state index in [1.54, 1.807) is 64.5 Å². The Hall–Kier alpha value is -2.36. The van der Waals surface area contributed by atoms with E-state index in [4.69, 9.17) is 32.7 Å². The van der Waals surface area contributed by atoms with Crippen LogP contribution >= 0.6 is 31.9 Å². The van der Waals surface area contributed by atoms with Crippen LogP contribution in [0, 0.1) is 0 Å². The molecule has 4 aliphatic heterocycles. The molecule has 0 atom stereocenters. The van der Waals surface area contributed by atoms with Crippen LogP contribution < -0.4 is 22.1 Å². The first-order valence-corrected chi connectivity index (χ1v) is 23.3. The number of rotatable bonds is 6. The van der Waals surface area contributed by atoms with Gasteiger partial charge in [-0.2, -0.15) is 0 Å². The second-order valence-corrected chi connectivity index (χ2v) is 23.5. The second-order valence-electron chi connectivity index (χ2n) is 21.6. The molecular formula is C45H72B3Br2N3O12. The number of aromatic amines is 1. The zero-order valence-electron chi connectivity index (χ0n) is 41.7. The minimum Gasteiger partial charge on any atom is -0.405 e. The molecule has 4 fully saturated rings. The summed E-state index contributed by atoms with van der Waals surface area (Å²) in [4.78, 5) is 36.0. The molecule has 0 spiro atoms. The molecule has 362 valence electrons. The normalized spacial score (nSPS) is 21.4. The minimum atomic E-state index is -0.960. The van der Waals surface area contributed by atoms with Crippen LogP contribution in [0.15, 0.2) is 78.3 Å². The fourth-order valence-electron chi connectivity index (χ4n) is 5.79. The van der Waals surface area contributed by atoms with Crippen LogP contribution in [0.25, 0.3) is 0 Å². The lowest BCUT2D eigenvalue weighted by molar-refractivity contribution is 0.00578. The first-order valence-electron chi connectivity index (χ1n) is 21.7. The summed E-state index contributed by atoms with van der Waals surface area (Å²) in [5, 5.41) is 19.4. The maximum Gasteiger partial charge on any atom is 0.496 e. The van der Waals surface area contributed by atoms with Crippen LogP contribution in [0.4, 0.5) is 0 Å². The van der Waals surface area contributed by atoms with Crippen molar-refractivity contribution in [3.63, 3.8) is 0 Å². The fraction of sp³-hybridized carbons (Fsp3) is 0.667. The second kappa shape index (κ2) is 20.7. The van der Waals surface area contributed by atoms with Crippen molar-refractivity contribution >= 4 is 58.5 Å². The SMILES string of the molecule is CC(C)(O)Cn1cc(B2OC(C)(C)C(C)(C)O2)ccc1=O.CC(C)(O)Cn1cc(Br)ccc1=O.CC1(C)CO1.CC1(C)OB(B2OC(C)(C)C(C)(C)O2)OC1(C)C.O=c1ccc(Br)c[nH]1. The van der Waals surface area contributed by atoms with Gasteiger partial charge in [0.25, 0.3) is 11.1 Å². The van der Waals surface area contributed by atoms with Gasteiger partial charge in [-0.05, 0) is 174 Å². The molecule has 0 amide bonds. The molecule has 65 heavy (non-hydrogen) atoms. The van der Waals surface area contributed by atoms with E-state index < -0.39 is 43.5 Å². The molecule has 0 aliphatic carbocycles. The highest BCUT2D eigenvalue weighted by Crippen LogP contribution is 2.43. The third kappa shape index (κ3) is 17.0. The van der Waals surface area contributed by atoms with Gasteiger partial charge in [0.05, 0.1) is 70.1 Å². The number of nitrogens with one attached hydrogen (secondary N) is 1. The van der Waals surface area contributed by atoms with Gasteiger partial charge in [0.15, 0.2) is 0 Å². The van der Waals surface area contributed by atoms with Gasteiger partial charge in [-0.1, -0.05) is 6.07 Å². The molecular weight excluding hydrogens is 967 g/mol. The monoisotopic (exact) mass is 1040 g/mol. The van der Waals surface area contributed by atoms with E-state index in [1.807, 2.05) is 83.1 Å². The zero-order chi connectivity index (χ0) is 50.0. The molecule has 3 N–H and O–H groups in total. The van der Waals surface area contributed by atoms with Gasteiger partial charge in [0.1, 0.15) is 0 Å². The Morgan fingerprint density at radius 1 is 0.569 bits per heavy atom. The summed E-state index contributed by atoms with van der Waals surface area (Å²) in [5.74, 6) is 0. The topological polar surface area (TPSA) is 185 Å². The lowest BCUT2D eigenvalue weighted by Crippen LogP contribution is -2.41. The third-order valence-corrected chi connectivity index (χ3v) is 12.8. The van der Waals surface area contributed by atoms with Crippen molar-refractivity contribution < 1.29 is 42.9 Å². The predicted octanol–water partition coefficient (Wildman–Crippen LogP) is 6.48. The lowest BCUT2D eigenvalue weighted by Gasteiger charge is -2.32. The number of ether oxygens (including phenoxy) is 1. The number of halogens is 2. The number of pyridine rings is 3. The van der Waals surface area contributed by atoms with Crippen molar-refractivity contribution in [1.29, 1.82) is 0 Å². The van der Waals surface area contributed by atoms with Gasteiger partial charge in [-0.25, -0.2) is 0 Å². The Balaban J connectivity index is 0.000000231. The molecule has 4 saturated heterocycles. The molecule has 7 rings (SSSR count). The molecule has 0 saturated carbocycles. The smallest absolute Gasteiger partial charge is 0.405 e. The third-order valence-electron chi connectivity index (χ3n) is 11.8. The van der Waals surface area contributed by atoms with Crippen LogP contribution in [0.2, 0.25) is 0 Å². The molecule has 0 radical (unpaired) electrons. The van der Waals surface area contributed by atoms with E-state index >= 15 is 0 Å². The summed E-state index contributed by atoms with van der Waals surface area (Å²) in [7, 11) is -1.46. The average molecular weight is 1040 g/mol. The molecule has 0 bridgehead atoms. The van der Waals surface area contributed by atoms with E-state index in [0.29, 0.717) is 6.54 Å². The van der Waals surface area contributed by atoms with Crippen LogP contribution in [-0.4, -0.2) is 102 Å². The van der Waals surface area contributed by atoms with E-state index in [-0.39, 0.29) is 51.2 Å². The number of H-pyrrole nitrogens is 1. The highest BCUT2D eigenvalue weighted by atomic mass is 79.9. The molecule has 0 unspecified atom stereocenters. The molecule has 3 aromatic rings.